The van der Waals surface area contributed by atoms with Gasteiger partial charge in [-0.2, -0.15) is 8.42 Å². The van der Waals surface area contributed by atoms with Crippen LogP contribution in [0.4, 0.5) is 10.1 Å². The maximum atomic E-state index is 14.9. The molecular formula is C21H19FKN3O5S2. The molecule has 0 spiro atoms. The first-order chi connectivity index (χ1) is 15.3. The molecule has 2 aromatic heterocycles. The Morgan fingerprint density at radius 2 is 2.06 bits per heavy atom. The number of nitrogens with zero attached hydrogens (tertiary/aromatic N) is 1. The number of thiazole rings is 1. The molecule has 0 saturated carbocycles. The second-order valence-corrected chi connectivity index (χ2v) is 9.29. The van der Waals surface area contributed by atoms with Crippen molar-refractivity contribution in [3.8, 4) is 10.9 Å². The first-order valence-corrected chi connectivity index (χ1v) is 11.8. The van der Waals surface area contributed by atoms with E-state index in [0.29, 0.717) is 27.5 Å². The van der Waals surface area contributed by atoms with E-state index in [0.717, 1.165) is 0 Å². The van der Waals surface area contributed by atoms with Crippen LogP contribution in [0.3, 0.4) is 0 Å². The molecule has 0 aliphatic heterocycles. The molecule has 0 aliphatic carbocycles. The van der Waals surface area contributed by atoms with Crippen LogP contribution in [-0.2, 0) is 16.6 Å². The second-order valence-electron chi connectivity index (χ2n) is 6.82. The number of rotatable bonds is 7. The number of hydrogen-bond donors (Lipinski definition) is 2. The van der Waals surface area contributed by atoms with E-state index in [1.807, 2.05) is 0 Å². The van der Waals surface area contributed by atoms with Crippen molar-refractivity contribution in [1.29, 1.82) is 0 Å². The maximum Gasteiger partial charge on any atom is 1.00 e. The van der Waals surface area contributed by atoms with Crippen molar-refractivity contribution in [3.05, 3.63) is 80.9 Å². The molecule has 0 unspecified atom stereocenters. The number of aromatic nitrogens is 1. The average molecular weight is 516 g/mol. The van der Waals surface area contributed by atoms with E-state index in [9.17, 15) is 17.6 Å². The van der Waals surface area contributed by atoms with Crippen LogP contribution in [0.1, 0.15) is 18.1 Å². The van der Waals surface area contributed by atoms with Crippen molar-refractivity contribution in [2.24, 2.45) is 0 Å². The first kappa shape index (κ1) is 26.0. The fourth-order valence-electron chi connectivity index (χ4n) is 3.19. The van der Waals surface area contributed by atoms with Gasteiger partial charge in [-0.15, -0.1) is 0 Å². The SMILES string of the molecule is CNS(=O)(=O)Nc1cccc(Cc2c(C)c3ccc(Oc4nccs4)cc3oc2=O)c1F.[H-].[K+]. The largest absolute Gasteiger partial charge is 1.00 e. The molecule has 0 bridgehead atoms. The number of aryl methyl sites for hydroxylation is 1. The molecule has 0 saturated heterocycles. The Bertz CT molecular complexity index is 1460. The molecule has 4 aromatic rings. The third kappa shape index (κ3) is 5.89. The summed E-state index contributed by atoms with van der Waals surface area (Å²) in [6.07, 6.45) is 1.55. The van der Waals surface area contributed by atoms with E-state index in [1.54, 1.807) is 36.7 Å². The molecule has 0 fully saturated rings. The van der Waals surface area contributed by atoms with E-state index >= 15 is 0 Å². The van der Waals surface area contributed by atoms with Gasteiger partial charge in [-0.1, -0.05) is 23.5 Å². The topological polar surface area (TPSA) is 111 Å². The molecular weight excluding hydrogens is 496 g/mol. The van der Waals surface area contributed by atoms with Crippen LogP contribution in [0.25, 0.3) is 11.0 Å². The Kier molecular flexibility index (Phi) is 8.45. The van der Waals surface area contributed by atoms with Crippen LogP contribution < -0.4 is 71.2 Å². The van der Waals surface area contributed by atoms with Crippen LogP contribution in [-0.4, -0.2) is 20.4 Å². The Balaban J connectivity index is 0.00000204. The predicted octanol–water partition coefficient (Wildman–Crippen LogP) is 1.07. The third-order valence-corrected chi connectivity index (χ3v) is 6.51. The number of halogens is 1. The molecule has 33 heavy (non-hydrogen) atoms. The van der Waals surface area contributed by atoms with Crippen LogP contribution in [0.2, 0.25) is 0 Å². The summed E-state index contributed by atoms with van der Waals surface area (Å²) in [4.78, 5) is 16.7. The van der Waals surface area contributed by atoms with Crippen molar-refractivity contribution in [1.82, 2.24) is 9.71 Å². The molecule has 8 nitrogen and oxygen atoms in total. The van der Waals surface area contributed by atoms with Gasteiger partial charge in [-0.25, -0.2) is 18.9 Å². The molecule has 2 aromatic carbocycles. The fraction of sp³-hybridized carbons (Fsp3) is 0.143. The summed E-state index contributed by atoms with van der Waals surface area (Å²) in [5.74, 6) is -0.296. The zero-order valence-corrected chi connectivity index (χ0v) is 22.8. The Morgan fingerprint density at radius 3 is 2.76 bits per heavy atom. The summed E-state index contributed by atoms with van der Waals surface area (Å²) in [6, 6.07) is 9.38. The van der Waals surface area contributed by atoms with Gasteiger partial charge in [0.25, 0.3) is 15.4 Å². The van der Waals surface area contributed by atoms with Gasteiger partial charge in [0.15, 0.2) is 5.82 Å². The number of anilines is 1. The summed E-state index contributed by atoms with van der Waals surface area (Å²) in [5, 5.41) is 2.92. The Labute approximate surface area is 237 Å². The molecule has 4 rings (SSSR count). The molecule has 0 radical (unpaired) electrons. The number of nitrogens with one attached hydrogen (secondary N) is 2. The van der Waals surface area contributed by atoms with Crippen molar-refractivity contribution in [3.63, 3.8) is 0 Å². The van der Waals surface area contributed by atoms with E-state index in [1.165, 1.54) is 36.6 Å². The number of hydrogen-bond acceptors (Lipinski definition) is 7. The van der Waals surface area contributed by atoms with Gasteiger partial charge in [-0.3, -0.25) is 4.72 Å². The summed E-state index contributed by atoms with van der Waals surface area (Å²) in [6.45, 7) is 1.75. The minimum Gasteiger partial charge on any atom is -1.00 e. The van der Waals surface area contributed by atoms with E-state index in [4.69, 9.17) is 9.15 Å². The number of ether oxygens (including phenoxy) is 1. The number of fused-ring (bicyclic) bond motifs is 1. The van der Waals surface area contributed by atoms with Crippen molar-refractivity contribution in [2.45, 2.75) is 13.3 Å². The molecule has 2 heterocycles. The van der Waals surface area contributed by atoms with E-state index in [2.05, 4.69) is 14.4 Å². The van der Waals surface area contributed by atoms with E-state index in [-0.39, 0.29) is 76.0 Å². The zero-order valence-electron chi connectivity index (χ0n) is 19.0. The summed E-state index contributed by atoms with van der Waals surface area (Å²) < 4.78 is 53.6. The smallest absolute Gasteiger partial charge is 1.00 e. The molecule has 0 atom stereocenters. The van der Waals surface area contributed by atoms with Gasteiger partial charge in [-0.05, 0) is 36.2 Å². The summed E-state index contributed by atoms with van der Waals surface area (Å²) in [7, 11) is -2.68. The fourth-order valence-corrected chi connectivity index (χ4v) is 4.24. The van der Waals surface area contributed by atoms with Gasteiger partial charge in [0, 0.05) is 42.1 Å². The predicted molar refractivity (Wildman–Crippen MR) is 121 cm³/mol. The standard InChI is InChI=1S/C21H18FN3O5S2.K.H/c1-12-15-7-6-14(29-21-24-8-9-31-21)11-18(15)30-20(26)16(12)10-13-4-3-5-17(19(13)22)25-32(27,28)23-2;;/h3-9,11,23,25H,10H2,1-2H3;;/q;+1;-1. The minimum absolute atomic E-state index is 0. The third-order valence-electron chi connectivity index (χ3n) is 4.83. The summed E-state index contributed by atoms with van der Waals surface area (Å²) in [5.41, 5.74) is 0.572. The molecule has 12 heteroatoms. The molecule has 0 aliphatic rings. The Morgan fingerprint density at radius 1 is 1.27 bits per heavy atom. The average Bonchev–Trinajstić information content (AvgIpc) is 3.26. The van der Waals surface area contributed by atoms with Crippen LogP contribution >= 0.6 is 11.3 Å². The normalized spacial score (nSPS) is 11.2. The van der Waals surface area contributed by atoms with Gasteiger partial charge >= 0.3 is 57.0 Å². The molecule has 2 N–H and O–H groups in total. The summed E-state index contributed by atoms with van der Waals surface area (Å²) >= 11 is 1.33. The number of benzene rings is 2. The van der Waals surface area contributed by atoms with Crippen LogP contribution in [0.5, 0.6) is 10.9 Å². The second kappa shape index (κ2) is 10.7. The Hall–Kier alpha value is -1.64. The zero-order chi connectivity index (χ0) is 22.9. The van der Waals surface area contributed by atoms with Gasteiger partial charge in [0.2, 0.25) is 0 Å². The minimum atomic E-state index is -3.89. The maximum absolute atomic E-state index is 14.9. The first-order valence-electron chi connectivity index (χ1n) is 9.40. The quantitative estimate of drug-likeness (QED) is 0.282. The molecule has 168 valence electrons. The van der Waals surface area contributed by atoms with E-state index < -0.39 is 21.7 Å². The monoisotopic (exact) mass is 515 g/mol. The van der Waals surface area contributed by atoms with Crippen molar-refractivity contribution >= 4 is 38.2 Å². The van der Waals surface area contributed by atoms with Crippen LogP contribution in [0, 0.1) is 12.7 Å². The van der Waals surface area contributed by atoms with Gasteiger partial charge in [0.05, 0.1) is 5.69 Å². The van der Waals surface area contributed by atoms with Crippen molar-refractivity contribution < 1.29 is 74.8 Å². The van der Waals surface area contributed by atoms with Crippen molar-refractivity contribution in [2.75, 3.05) is 11.8 Å². The van der Waals surface area contributed by atoms with Gasteiger partial charge in [0.1, 0.15) is 11.3 Å². The van der Waals surface area contributed by atoms with Gasteiger partial charge < -0.3 is 10.6 Å². The van der Waals surface area contributed by atoms with Crippen LogP contribution in [0.15, 0.2) is 57.2 Å². The molecule has 0 amide bonds.